The Morgan fingerprint density at radius 2 is 1.90 bits per heavy atom. The van der Waals surface area contributed by atoms with E-state index in [9.17, 15) is 9.90 Å². The zero-order valence-electron chi connectivity index (χ0n) is 23.0. The maximum absolute atomic E-state index is 12.0. The summed E-state index contributed by atoms with van der Waals surface area (Å²) >= 11 is 13.5. The van der Waals surface area contributed by atoms with Gasteiger partial charge in [-0.05, 0) is 12.2 Å². The summed E-state index contributed by atoms with van der Waals surface area (Å²) in [6, 6.07) is 1.75. The van der Waals surface area contributed by atoms with Gasteiger partial charge >= 0.3 is 0 Å². The van der Waals surface area contributed by atoms with Crippen LogP contribution in [0.5, 0.6) is 11.5 Å². The van der Waals surface area contributed by atoms with Gasteiger partial charge in [-0.15, -0.1) is 0 Å². The molecular formula is C27H34Cl2N6O5. The molecule has 13 heteroatoms. The van der Waals surface area contributed by atoms with Crippen molar-refractivity contribution in [3.63, 3.8) is 0 Å². The van der Waals surface area contributed by atoms with E-state index in [4.69, 9.17) is 37.4 Å². The minimum atomic E-state index is -1.15. The number of aliphatic hydroxyl groups is 1. The Morgan fingerprint density at radius 1 is 1.23 bits per heavy atom. The van der Waals surface area contributed by atoms with Crippen molar-refractivity contribution in [1.82, 2.24) is 19.8 Å². The lowest BCUT2D eigenvalue weighted by Crippen LogP contribution is -2.62. The summed E-state index contributed by atoms with van der Waals surface area (Å²) in [6.45, 7) is 6.92. The predicted octanol–water partition coefficient (Wildman–Crippen LogP) is 2.87. The maximum atomic E-state index is 12.0. The normalized spacial score (nSPS) is 16.8. The number of fused-ring (bicyclic) bond motifs is 1. The second-order valence-electron chi connectivity index (χ2n) is 9.30. The van der Waals surface area contributed by atoms with Crippen LogP contribution in [0.15, 0.2) is 24.9 Å². The van der Waals surface area contributed by atoms with Crippen molar-refractivity contribution in [1.29, 1.82) is 0 Å². The Labute approximate surface area is 243 Å². The van der Waals surface area contributed by atoms with E-state index in [0.717, 1.165) is 0 Å². The van der Waals surface area contributed by atoms with Crippen LogP contribution in [0.3, 0.4) is 0 Å². The largest absolute Gasteiger partial charge is 0.495 e. The van der Waals surface area contributed by atoms with E-state index >= 15 is 0 Å². The average molecular weight is 594 g/mol. The van der Waals surface area contributed by atoms with E-state index in [1.165, 1.54) is 20.3 Å². The highest BCUT2D eigenvalue weighted by atomic mass is 35.5. The number of carbonyl (C=O) groups is 1. The van der Waals surface area contributed by atoms with Gasteiger partial charge in [-0.2, -0.15) is 4.98 Å². The first-order chi connectivity index (χ1) is 19.3. The average Bonchev–Trinajstić information content (AvgIpc) is 2.94. The fraction of sp³-hybridized carbons (Fsp3) is 0.444. The number of rotatable bonds is 12. The number of carbonyl (C=O) groups excluding carboxylic acids is 1. The van der Waals surface area contributed by atoms with E-state index in [-0.39, 0.29) is 22.0 Å². The Bertz CT molecular complexity index is 1260. The maximum Gasteiger partial charge on any atom is 0.246 e. The number of aliphatic hydroxyl groups excluding tert-OH is 1. The van der Waals surface area contributed by atoms with Crippen LogP contribution in [0.1, 0.15) is 11.1 Å². The molecule has 0 bridgehead atoms. The summed E-state index contributed by atoms with van der Waals surface area (Å²) in [6.07, 6.45) is 3.63. The monoisotopic (exact) mass is 592 g/mol. The number of nitrogens with zero attached hydrogens (tertiary/aromatic N) is 5. The summed E-state index contributed by atoms with van der Waals surface area (Å²) in [4.78, 5) is 26.8. The second-order valence-corrected chi connectivity index (χ2v) is 10.1. The molecule has 2 aliphatic heterocycles. The molecular weight excluding hydrogens is 559 g/mol. The standard InChI is InChI=1S/C27H34Cl2N6O5/c1-6-21(36)34-14-17(15-34)33(9-10-38-3)7-8-35-25-16(13-31-27(30-2)32-25)11-18(26(35)37)22-23(28)19(39-4)12-20(40-5)24(22)29/h6,11-13,17,26,37H,1,7-10,14-15H2,2-5H3,(H,30,31,32). The minimum Gasteiger partial charge on any atom is -0.495 e. The van der Waals surface area contributed by atoms with Crippen LogP contribution in [0, 0.1) is 0 Å². The fourth-order valence-electron chi connectivity index (χ4n) is 4.85. The highest BCUT2D eigenvalue weighted by Gasteiger charge is 2.36. The van der Waals surface area contributed by atoms with Gasteiger partial charge in [0.2, 0.25) is 11.9 Å². The predicted molar refractivity (Wildman–Crippen MR) is 156 cm³/mol. The molecule has 0 radical (unpaired) electrons. The smallest absolute Gasteiger partial charge is 0.246 e. The van der Waals surface area contributed by atoms with Crippen molar-refractivity contribution in [3.05, 3.63) is 46.1 Å². The first-order valence-electron chi connectivity index (χ1n) is 12.7. The van der Waals surface area contributed by atoms with Crippen LogP contribution in [0.4, 0.5) is 11.8 Å². The number of hydrogen-bond donors (Lipinski definition) is 2. The number of benzene rings is 1. The summed E-state index contributed by atoms with van der Waals surface area (Å²) < 4.78 is 16.2. The van der Waals surface area contributed by atoms with Gasteiger partial charge in [-0.25, -0.2) is 4.98 Å². The molecule has 216 valence electrons. The third kappa shape index (κ3) is 5.84. The van der Waals surface area contributed by atoms with Crippen molar-refractivity contribution < 1.29 is 24.1 Å². The highest BCUT2D eigenvalue weighted by Crippen LogP contribution is 2.47. The Kier molecular flexibility index (Phi) is 9.75. The third-order valence-corrected chi connectivity index (χ3v) is 7.86. The number of amides is 1. The lowest BCUT2D eigenvalue weighted by atomic mass is 9.96. The van der Waals surface area contributed by atoms with Gasteiger partial charge in [-0.3, -0.25) is 9.69 Å². The molecule has 2 aliphatic rings. The topological polar surface area (TPSA) is 113 Å². The molecule has 1 amide bonds. The number of nitrogens with one attached hydrogen (secondary N) is 1. The lowest BCUT2D eigenvalue weighted by Gasteiger charge is -2.46. The van der Waals surface area contributed by atoms with Crippen LogP contribution in [0.25, 0.3) is 11.6 Å². The van der Waals surface area contributed by atoms with Gasteiger partial charge in [-0.1, -0.05) is 29.8 Å². The molecule has 2 N–H and O–H groups in total. The number of anilines is 2. The molecule has 1 fully saturated rings. The van der Waals surface area contributed by atoms with Crippen LogP contribution < -0.4 is 19.7 Å². The molecule has 3 heterocycles. The van der Waals surface area contributed by atoms with Crippen LogP contribution in [-0.2, 0) is 9.53 Å². The quantitative estimate of drug-likeness (QED) is 0.357. The van der Waals surface area contributed by atoms with E-state index in [1.54, 1.807) is 42.3 Å². The zero-order chi connectivity index (χ0) is 29.0. The van der Waals surface area contributed by atoms with Crippen LogP contribution in [0.2, 0.25) is 10.0 Å². The summed E-state index contributed by atoms with van der Waals surface area (Å²) in [5, 5.41) is 15.2. The number of aromatic nitrogens is 2. The molecule has 0 spiro atoms. The van der Waals surface area contributed by atoms with E-state index in [0.29, 0.717) is 79.3 Å². The molecule has 1 aromatic carbocycles. The van der Waals surface area contributed by atoms with Gasteiger partial charge in [0.05, 0.1) is 30.9 Å². The third-order valence-electron chi connectivity index (χ3n) is 7.11. The van der Waals surface area contributed by atoms with Gasteiger partial charge < -0.3 is 34.4 Å². The Balaban J connectivity index is 1.69. The fourth-order valence-corrected chi connectivity index (χ4v) is 5.56. The summed E-state index contributed by atoms with van der Waals surface area (Å²) in [5.74, 6) is 1.61. The molecule has 0 aliphatic carbocycles. The molecule has 1 atom stereocenters. The molecule has 4 rings (SSSR count). The molecule has 0 saturated carbocycles. The van der Waals surface area contributed by atoms with Gasteiger partial charge in [0.25, 0.3) is 0 Å². The van der Waals surface area contributed by atoms with E-state index < -0.39 is 6.23 Å². The Hall–Kier alpha value is -3.09. The molecule has 1 saturated heterocycles. The van der Waals surface area contributed by atoms with Gasteiger partial charge in [0.15, 0.2) is 6.23 Å². The minimum absolute atomic E-state index is 0.0862. The van der Waals surface area contributed by atoms with Crippen molar-refractivity contribution in [3.8, 4) is 11.5 Å². The molecule has 2 aromatic rings. The van der Waals surface area contributed by atoms with Crippen molar-refractivity contribution in [2.24, 2.45) is 0 Å². The lowest BCUT2D eigenvalue weighted by molar-refractivity contribution is -0.133. The molecule has 40 heavy (non-hydrogen) atoms. The Morgan fingerprint density at radius 3 is 2.48 bits per heavy atom. The van der Waals surface area contributed by atoms with E-state index in [1.807, 2.05) is 0 Å². The summed E-state index contributed by atoms with van der Waals surface area (Å²) in [5.41, 5.74) is 1.53. The second kappa shape index (κ2) is 13.0. The number of halogens is 2. The van der Waals surface area contributed by atoms with Crippen molar-refractivity contribution in [2.45, 2.75) is 12.3 Å². The van der Waals surface area contributed by atoms with E-state index in [2.05, 4.69) is 26.8 Å². The van der Waals surface area contributed by atoms with Crippen LogP contribution in [-0.4, -0.2) is 111 Å². The van der Waals surface area contributed by atoms with Crippen LogP contribution >= 0.6 is 23.2 Å². The molecule has 1 unspecified atom stereocenters. The number of methoxy groups -OCH3 is 3. The first-order valence-corrected chi connectivity index (χ1v) is 13.5. The van der Waals surface area contributed by atoms with Crippen molar-refractivity contribution >= 4 is 52.5 Å². The number of likely N-dealkylation sites (tertiary alicyclic amines) is 1. The number of ether oxygens (including phenoxy) is 3. The van der Waals surface area contributed by atoms with Crippen molar-refractivity contribution in [2.75, 3.05) is 77.9 Å². The molecule has 1 aromatic heterocycles. The van der Waals surface area contributed by atoms with Gasteiger partial charge in [0, 0.05) is 81.9 Å². The SMILES string of the molecule is C=CC(=O)N1CC(N(CCOC)CCN2c3nc(NC)ncc3C=C(c3c(Cl)c(OC)cc(OC)c3Cl)C2O)C1. The zero-order valence-corrected chi connectivity index (χ0v) is 24.5. The first kappa shape index (κ1) is 29.9. The number of hydrogen-bond acceptors (Lipinski definition) is 10. The highest BCUT2D eigenvalue weighted by molar-refractivity contribution is 6.40. The van der Waals surface area contributed by atoms with Gasteiger partial charge in [0.1, 0.15) is 17.3 Å². The molecule has 11 nitrogen and oxygen atoms in total. The summed E-state index contributed by atoms with van der Waals surface area (Å²) in [7, 11) is 6.38.